The van der Waals surface area contributed by atoms with Crippen molar-refractivity contribution in [1.29, 1.82) is 0 Å². The van der Waals surface area contributed by atoms with Crippen LogP contribution in [0.1, 0.15) is 18.4 Å². The van der Waals surface area contributed by atoms with Gasteiger partial charge in [0, 0.05) is 17.1 Å². The van der Waals surface area contributed by atoms with E-state index in [1.807, 2.05) is 18.2 Å². The number of nitrogens with zero attached hydrogens (tertiary/aromatic N) is 2. The molecule has 108 valence electrons. The Labute approximate surface area is 131 Å². The van der Waals surface area contributed by atoms with E-state index in [1.54, 1.807) is 12.1 Å². The lowest BCUT2D eigenvalue weighted by Gasteiger charge is -1.97. The average Bonchev–Trinajstić information content (AvgIpc) is 3.17. The Kier molecular flexibility index (Phi) is 4.17. The van der Waals surface area contributed by atoms with Gasteiger partial charge in [-0.15, -0.1) is 10.2 Å². The van der Waals surface area contributed by atoms with Gasteiger partial charge in [0.15, 0.2) is 0 Å². The molecule has 1 saturated carbocycles. The number of nitrogens with one attached hydrogen (secondary N) is 2. The lowest BCUT2D eigenvalue weighted by molar-refractivity contribution is -0.111. The molecule has 2 N–H and O–H groups in total. The molecule has 0 saturated heterocycles. The second kappa shape index (κ2) is 6.24. The van der Waals surface area contributed by atoms with Gasteiger partial charge in [-0.25, -0.2) is 0 Å². The van der Waals surface area contributed by atoms with Crippen LogP contribution >= 0.6 is 22.9 Å². The van der Waals surface area contributed by atoms with Gasteiger partial charge in [0.1, 0.15) is 0 Å². The van der Waals surface area contributed by atoms with Crippen LogP contribution in [0.15, 0.2) is 30.3 Å². The van der Waals surface area contributed by atoms with Crippen LogP contribution < -0.4 is 10.6 Å². The molecule has 0 unspecified atom stereocenters. The summed E-state index contributed by atoms with van der Waals surface area (Å²) in [5.41, 5.74) is 0.794. The van der Waals surface area contributed by atoms with E-state index in [2.05, 4.69) is 20.8 Å². The number of hydrogen-bond donors (Lipinski definition) is 2. The predicted octanol–water partition coefficient (Wildman–Crippen LogP) is 3.42. The Balaban J connectivity index is 1.58. The number of carbonyl (C=O) groups excluding carboxylic acids is 1. The monoisotopic (exact) mass is 320 g/mol. The summed E-state index contributed by atoms with van der Waals surface area (Å²) >= 11 is 7.34. The Morgan fingerprint density at radius 2 is 2.05 bits per heavy atom. The van der Waals surface area contributed by atoms with E-state index in [-0.39, 0.29) is 5.91 Å². The van der Waals surface area contributed by atoms with Gasteiger partial charge in [-0.1, -0.05) is 41.1 Å². The number of rotatable bonds is 5. The quantitative estimate of drug-likeness (QED) is 0.828. The normalized spacial score (nSPS) is 14.3. The fourth-order valence-corrected chi connectivity index (χ4v) is 2.58. The fourth-order valence-electron chi connectivity index (χ4n) is 1.66. The summed E-state index contributed by atoms with van der Waals surface area (Å²) in [5.74, 6) is -0.260. The van der Waals surface area contributed by atoms with Gasteiger partial charge in [-0.2, -0.15) is 0 Å². The molecule has 5 nitrogen and oxygen atoms in total. The molecule has 1 fully saturated rings. The zero-order chi connectivity index (χ0) is 14.7. The zero-order valence-corrected chi connectivity index (χ0v) is 12.6. The molecule has 21 heavy (non-hydrogen) atoms. The van der Waals surface area contributed by atoms with Crippen LogP contribution in [-0.2, 0) is 4.79 Å². The molecule has 0 aliphatic heterocycles. The van der Waals surface area contributed by atoms with Crippen molar-refractivity contribution in [3.63, 3.8) is 0 Å². The Bertz CT molecular complexity index is 681. The summed E-state index contributed by atoms with van der Waals surface area (Å²) in [4.78, 5) is 11.8. The minimum absolute atomic E-state index is 0.260. The maximum atomic E-state index is 11.8. The Morgan fingerprint density at radius 3 is 2.81 bits per heavy atom. The van der Waals surface area contributed by atoms with Crippen molar-refractivity contribution in [2.24, 2.45) is 0 Å². The van der Waals surface area contributed by atoms with Crippen molar-refractivity contribution in [2.75, 3.05) is 10.6 Å². The molecular weight excluding hydrogens is 308 g/mol. The number of carbonyl (C=O) groups is 1. The van der Waals surface area contributed by atoms with Gasteiger partial charge < -0.3 is 5.32 Å². The van der Waals surface area contributed by atoms with Gasteiger partial charge >= 0.3 is 0 Å². The third-order valence-electron chi connectivity index (χ3n) is 2.88. The first-order chi connectivity index (χ1) is 10.2. The third kappa shape index (κ3) is 4.03. The summed E-state index contributed by atoms with van der Waals surface area (Å²) in [7, 11) is 0. The van der Waals surface area contributed by atoms with Gasteiger partial charge in [0.25, 0.3) is 0 Å². The van der Waals surface area contributed by atoms with E-state index in [9.17, 15) is 4.79 Å². The standard InChI is InChI=1S/C14H13ClN4OS/c15-11-4-2-1-3-9(11)5-8-12(20)17-14-19-18-13(21-14)16-10-6-7-10/h1-5,8,10H,6-7H2,(H,16,18)(H,17,19,20)/b8-5+. The van der Waals surface area contributed by atoms with Crippen molar-refractivity contribution in [1.82, 2.24) is 10.2 Å². The minimum Gasteiger partial charge on any atom is -0.357 e. The third-order valence-corrected chi connectivity index (χ3v) is 3.99. The molecule has 1 aromatic heterocycles. The molecule has 0 radical (unpaired) electrons. The van der Waals surface area contributed by atoms with Gasteiger partial charge in [-0.05, 0) is 30.5 Å². The van der Waals surface area contributed by atoms with Crippen LogP contribution in [0.25, 0.3) is 6.08 Å². The van der Waals surface area contributed by atoms with Crippen LogP contribution in [0.2, 0.25) is 5.02 Å². The van der Waals surface area contributed by atoms with Crippen molar-refractivity contribution in [2.45, 2.75) is 18.9 Å². The van der Waals surface area contributed by atoms with Crippen molar-refractivity contribution in [3.05, 3.63) is 40.9 Å². The van der Waals surface area contributed by atoms with Crippen LogP contribution in [0, 0.1) is 0 Å². The molecule has 1 amide bonds. The number of anilines is 2. The summed E-state index contributed by atoms with van der Waals surface area (Å²) in [6.45, 7) is 0. The molecule has 1 aliphatic rings. The molecule has 1 aromatic carbocycles. The van der Waals surface area contributed by atoms with E-state index in [4.69, 9.17) is 11.6 Å². The first-order valence-electron chi connectivity index (χ1n) is 6.54. The van der Waals surface area contributed by atoms with E-state index in [0.29, 0.717) is 16.2 Å². The molecule has 2 aromatic rings. The second-order valence-corrected chi connectivity index (χ2v) is 6.06. The summed E-state index contributed by atoms with van der Waals surface area (Å²) in [6, 6.07) is 7.84. The minimum atomic E-state index is -0.260. The van der Waals surface area contributed by atoms with E-state index in [0.717, 1.165) is 10.7 Å². The fraction of sp³-hybridized carbons (Fsp3) is 0.214. The lowest BCUT2D eigenvalue weighted by Crippen LogP contribution is -2.07. The molecule has 1 heterocycles. The zero-order valence-electron chi connectivity index (χ0n) is 11.0. The molecule has 7 heteroatoms. The van der Waals surface area contributed by atoms with Crippen LogP contribution in [0.5, 0.6) is 0 Å². The number of amides is 1. The highest BCUT2D eigenvalue weighted by atomic mass is 35.5. The van der Waals surface area contributed by atoms with Gasteiger partial charge in [-0.3, -0.25) is 10.1 Å². The summed E-state index contributed by atoms with van der Waals surface area (Å²) < 4.78 is 0. The molecular formula is C14H13ClN4OS. The lowest BCUT2D eigenvalue weighted by atomic mass is 10.2. The second-order valence-electron chi connectivity index (χ2n) is 4.68. The number of benzene rings is 1. The average molecular weight is 321 g/mol. The highest BCUT2D eigenvalue weighted by Gasteiger charge is 2.22. The smallest absolute Gasteiger partial charge is 0.250 e. The first-order valence-corrected chi connectivity index (χ1v) is 7.74. The van der Waals surface area contributed by atoms with E-state index >= 15 is 0 Å². The number of hydrogen-bond acceptors (Lipinski definition) is 5. The van der Waals surface area contributed by atoms with E-state index in [1.165, 1.54) is 30.3 Å². The highest BCUT2D eigenvalue weighted by Crippen LogP contribution is 2.28. The Hall–Kier alpha value is -1.92. The molecule has 0 spiro atoms. The molecule has 0 bridgehead atoms. The van der Waals surface area contributed by atoms with Gasteiger partial charge in [0.2, 0.25) is 16.2 Å². The predicted molar refractivity (Wildman–Crippen MR) is 85.7 cm³/mol. The maximum absolute atomic E-state index is 11.8. The Morgan fingerprint density at radius 1 is 1.29 bits per heavy atom. The summed E-state index contributed by atoms with van der Waals surface area (Å²) in [5, 5.41) is 15.6. The van der Waals surface area contributed by atoms with Crippen LogP contribution in [-0.4, -0.2) is 22.1 Å². The summed E-state index contributed by atoms with van der Waals surface area (Å²) in [6.07, 6.45) is 5.43. The van der Waals surface area contributed by atoms with Crippen molar-refractivity contribution < 1.29 is 4.79 Å². The van der Waals surface area contributed by atoms with Crippen molar-refractivity contribution in [3.8, 4) is 0 Å². The molecule has 0 atom stereocenters. The number of aromatic nitrogens is 2. The molecule has 1 aliphatic carbocycles. The van der Waals surface area contributed by atoms with Crippen LogP contribution in [0.3, 0.4) is 0 Å². The van der Waals surface area contributed by atoms with Crippen molar-refractivity contribution >= 4 is 45.2 Å². The van der Waals surface area contributed by atoms with Gasteiger partial charge in [0.05, 0.1) is 0 Å². The number of halogens is 1. The maximum Gasteiger partial charge on any atom is 0.250 e. The highest BCUT2D eigenvalue weighted by molar-refractivity contribution is 7.19. The topological polar surface area (TPSA) is 66.9 Å². The van der Waals surface area contributed by atoms with Crippen LogP contribution in [0.4, 0.5) is 10.3 Å². The largest absolute Gasteiger partial charge is 0.357 e. The van der Waals surface area contributed by atoms with E-state index < -0.39 is 0 Å². The SMILES string of the molecule is O=C(/C=C/c1ccccc1Cl)Nc1nnc(NC2CC2)s1. The first kappa shape index (κ1) is 14.0. The molecule has 3 rings (SSSR count).